The summed E-state index contributed by atoms with van der Waals surface area (Å²) >= 11 is 0. The van der Waals surface area contributed by atoms with E-state index in [9.17, 15) is 14.7 Å². The topological polar surface area (TPSA) is 64.1 Å². The fraction of sp³-hybridized carbons (Fsp3) is 0.419. The quantitative estimate of drug-likeness (QED) is 0.551. The molecule has 2 aromatic carbocycles. The Bertz CT molecular complexity index is 1250. The number of aliphatic carboxylic acids is 1. The molecular formula is C31H35N3O3. The van der Waals surface area contributed by atoms with Gasteiger partial charge in [-0.05, 0) is 70.3 Å². The molecule has 1 saturated carbocycles. The molecule has 2 bridgehead atoms. The SMILES string of the molecule is CN(CC#CC(C)(C)C)C1C[C@@H]2CC[C@H]1[C@@H](C(=O)O)N2C(=O)N1c2ccccc2C=Cc2ccccc21. The van der Waals surface area contributed by atoms with Gasteiger partial charge in [-0.15, -0.1) is 0 Å². The summed E-state index contributed by atoms with van der Waals surface area (Å²) in [4.78, 5) is 32.7. The second kappa shape index (κ2) is 9.72. The lowest BCUT2D eigenvalue weighted by Gasteiger charge is -2.55. The molecule has 0 radical (unpaired) electrons. The van der Waals surface area contributed by atoms with E-state index in [0.29, 0.717) is 6.54 Å². The van der Waals surface area contributed by atoms with Crippen LogP contribution in [0.5, 0.6) is 0 Å². The van der Waals surface area contributed by atoms with Crippen molar-refractivity contribution in [1.82, 2.24) is 9.80 Å². The van der Waals surface area contributed by atoms with Crippen LogP contribution < -0.4 is 4.90 Å². The zero-order chi connectivity index (χ0) is 26.3. The van der Waals surface area contributed by atoms with E-state index in [4.69, 9.17) is 0 Å². The van der Waals surface area contributed by atoms with Gasteiger partial charge in [0.25, 0.3) is 0 Å². The van der Waals surface area contributed by atoms with Crippen LogP contribution in [0.1, 0.15) is 51.2 Å². The summed E-state index contributed by atoms with van der Waals surface area (Å²) < 4.78 is 0. The number of rotatable bonds is 3. The number of para-hydroxylation sites is 2. The number of urea groups is 1. The number of anilines is 2. The Balaban J connectivity index is 1.49. The van der Waals surface area contributed by atoms with Gasteiger partial charge in [-0.2, -0.15) is 0 Å². The van der Waals surface area contributed by atoms with Crippen molar-refractivity contribution in [3.63, 3.8) is 0 Å². The first kappa shape index (κ1) is 25.1. The van der Waals surface area contributed by atoms with Gasteiger partial charge < -0.3 is 10.0 Å². The van der Waals surface area contributed by atoms with Crippen molar-refractivity contribution in [2.24, 2.45) is 11.3 Å². The van der Waals surface area contributed by atoms with Crippen LogP contribution in [0.25, 0.3) is 12.2 Å². The number of fused-ring (bicyclic) bond motifs is 5. The number of hydrogen-bond acceptors (Lipinski definition) is 3. The Morgan fingerprint density at radius 1 is 1.00 bits per heavy atom. The zero-order valence-corrected chi connectivity index (χ0v) is 22.0. The van der Waals surface area contributed by atoms with Crippen molar-refractivity contribution in [2.45, 2.75) is 58.2 Å². The molecule has 3 heterocycles. The molecule has 37 heavy (non-hydrogen) atoms. The Kier molecular flexibility index (Phi) is 6.59. The van der Waals surface area contributed by atoms with E-state index in [1.165, 1.54) is 0 Å². The first-order valence-corrected chi connectivity index (χ1v) is 13.1. The van der Waals surface area contributed by atoms with E-state index in [-0.39, 0.29) is 29.4 Å². The lowest BCUT2D eigenvalue weighted by molar-refractivity contribution is -0.152. The summed E-state index contributed by atoms with van der Waals surface area (Å²) in [6.45, 7) is 6.84. The Hall–Kier alpha value is -3.56. The van der Waals surface area contributed by atoms with E-state index in [2.05, 4.69) is 37.5 Å². The highest BCUT2D eigenvalue weighted by Crippen LogP contribution is 2.45. The van der Waals surface area contributed by atoms with Crippen LogP contribution in [0, 0.1) is 23.2 Å². The van der Waals surface area contributed by atoms with Crippen LogP contribution in [0.2, 0.25) is 0 Å². The zero-order valence-electron chi connectivity index (χ0n) is 22.0. The van der Waals surface area contributed by atoms with Gasteiger partial charge in [-0.3, -0.25) is 9.80 Å². The van der Waals surface area contributed by atoms with Crippen molar-refractivity contribution in [1.29, 1.82) is 0 Å². The highest BCUT2D eigenvalue weighted by Gasteiger charge is 2.54. The number of carboxylic acids is 1. The summed E-state index contributed by atoms with van der Waals surface area (Å²) in [6.07, 6.45) is 6.39. The van der Waals surface area contributed by atoms with E-state index in [0.717, 1.165) is 41.8 Å². The number of amides is 2. The fourth-order valence-corrected chi connectivity index (χ4v) is 6.13. The van der Waals surface area contributed by atoms with Gasteiger partial charge in [0.1, 0.15) is 6.04 Å². The predicted molar refractivity (Wildman–Crippen MR) is 147 cm³/mol. The number of hydrogen-bond donors (Lipinski definition) is 1. The maximum atomic E-state index is 14.4. The summed E-state index contributed by atoms with van der Waals surface area (Å²) in [7, 11) is 2.03. The van der Waals surface area contributed by atoms with Crippen LogP contribution in [0.15, 0.2) is 48.5 Å². The number of carbonyl (C=O) groups is 2. The minimum Gasteiger partial charge on any atom is -0.480 e. The molecule has 6 nitrogen and oxygen atoms in total. The molecule has 0 aromatic heterocycles. The smallest absolute Gasteiger partial charge is 0.330 e. The molecule has 4 aliphatic rings. The third-order valence-electron chi connectivity index (χ3n) is 7.76. The second-order valence-corrected chi connectivity index (χ2v) is 11.4. The minimum absolute atomic E-state index is 0.0727. The molecule has 2 saturated heterocycles. The number of carboxylic acid groups (broad SMARTS) is 1. The molecule has 3 fully saturated rings. The minimum atomic E-state index is -0.934. The summed E-state index contributed by atoms with van der Waals surface area (Å²) in [5.41, 5.74) is 3.32. The Labute approximate surface area is 219 Å². The molecule has 1 unspecified atom stereocenters. The number of nitrogens with zero attached hydrogens (tertiary/aromatic N) is 3. The second-order valence-electron chi connectivity index (χ2n) is 11.4. The van der Waals surface area contributed by atoms with Crippen molar-refractivity contribution < 1.29 is 14.7 Å². The first-order valence-electron chi connectivity index (χ1n) is 13.1. The van der Waals surface area contributed by atoms with Gasteiger partial charge >= 0.3 is 12.0 Å². The van der Waals surface area contributed by atoms with Crippen LogP contribution >= 0.6 is 0 Å². The molecule has 2 aromatic rings. The standard InChI is InChI=1S/C31H35N3O3/c1-31(2,3)18-9-19-32(4)27-20-23-16-17-24(27)28(29(35)36)33(23)30(37)34-25-12-7-5-10-21(25)14-15-22-11-6-8-13-26(22)34/h5-8,10-15,23-24,27-28H,16-17,19-20H2,1-4H3,(H,35,36)/t23-,24+,27?,28-/m0/s1. The summed E-state index contributed by atoms with van der Waals surface area (Å²) in [5.74, 6) is 5.47. The molecule has 6 rings (SSSR count). The molecule has 6 heteroatoms. The van der Waals surface area contributed by atoms with E-state index in [1.54, 1.807) is 9.80 Å². The van der Waals surface area contributed by atoms with Crippen LogP contribution in [0.4, 0.5) is 16.2 Å². The molecule has 4 atom stereocenters. The highest BCUT2D eigenvalue weighted by molar-refractivity contribution is 6.06. The largest absolute Gasteiger partial charge is 0.480 e. The lowest BCUT2D eigenvalue weighted by atomic mass is 9.70. The van der Waals surface area contributed by atoms with Crippen molar-refractivity contribution in [3.8, 4) is 11.8 Å². The molecule has 1 aliphatic carbocycles. The molecule has 1 N–H and O–H groups in total. The molecule has 2 amide bonds. The average molecular weight is 498 g/mol. The predicted octanol–water partition coefficient (Wildman–Crippen LogP) is 5.72. The lowest BCUT2D eigenvalue weighted by Crippen LogP contribution is -2.68. The summed E-state index contributed by atoms with van der Waals surface area (Å²) in [6, 6.07) is 14.4. The van der Waals surface area contributed by atoms with Gasteiger partial charge in [-0.25, -0.2) is 9.59 Å². The van der Waals surface area contributed by atoms with Gasteiger partial charge in [0.2, 0.25) is 0 Å². The van der Waals surface area contributed by atoms with E-state index < -0.39 is 12.0 Å². The number of carbonyl (C=O) groups excluding carboxylic acids is 1. The van der Waals surface area contributed by atoms with Gasteiger partial charge in [0, 0.05) is 23.4 Å². The van der Waals surface area contributed by atoms with E-state index in [1.807, 2.05) is 67.7 Å². The average Bonchev–Trinajstić information content (AvgIpc) is 3.04. The van der Waals surface area contributed by atoms with E-state index >= 15 is 0 Å². The number of benzene rings is 2. The molecule has 3 aliphatic heterocycles. The molecule has 0 spiro atoms. The van der Waals surface area contributed by atoms with Gasteiger partial charge in [0.05, 0.1) is 17.9 Å². The Morgan fingerprint density at radius 3 is 2.16 bits per heavy atom. The molecule has 192 valence electrons. The third kappa shape index (κ3) is 4.76. The molecular weight excluding hydrogens is 462 g/mol. The maximum absolute atomic E-state index is 14.4. The normalized spacial score (nSPS) is 24.1. The van der Waals surface area contributed by atoms with Crippen molar-refractivity contribution in [3.05, 3.63) is 59.7 Å². The van der Waals surface area contributed by atoms with Gasteiger partial charge in [0.15, 0.2) is 0 Å². The highest BCUT2D eigenvalue weighted by atomic mass is 16.4. The monoisotopic (exact) mass is 497 g/mol. The maximum Gasteiger partial charge on any atom is 0.330 e. The third-order valence-corrected chi connectivity index (χ3v) is 7.76. The van der Waals surface area contributed by atoms with Crippen LogP contribution in [-0.2, 0) is 4.79 Å². The Morgan fingerprint density at radius 2 is 1.59 bits per heavy atom. The fourth-order valence-electron chi connectivity index (χ4n) is 6.13. The van der Waals surface area contributed by atoms with Crippen molar-refractivity contribution in [2.75, 3.05) is 18.5 Å². The van der Waals surface area contributed by atoms with Crippen molar-refractivity contribution >= 4 is 35.5 Å². The first-order chi connectivity index (χ1) is 17.7. The number of piperidine rings is 2. The van der Waals surface area contributed by atoms with Crippen LogP contribution in [-0.4, -0.2) is 58.6 Å². The van der Waals surface area contributed by atoms with Crippen LogP contribution in [0.3, 0.4) is 0 Å². The summed E-state index contributed by atoms with van der Waals surface area (Å²) in [5, 5.41) is 10.4. The van der Waals surface area contributed by atoms with Gasteiger partial charge in [-0.1, -0.05) is 60.4 Å².